The van der Waals surface area contributed by atoms with E-state index in [4.69, 9.17) is 9.15 Å². The van der Waals surface area contributed by atoms with Gasteiger partial charge in [0.15, 0.2) is 11.6 Å². The number of furan rings is 1. The normalized spacial score (nSPS) is 22.6. The van der Waals surface area contributed by atoms with Crippen molar-refractivity contribution in [2.45, 2.75) is 25.4 Å². The number of carbonyl (C=O) groups excluding carboxylic acids is 1. The van der Waals surface area contributed by atoms with Crippen LogP contribution in [0.1, 0.15) is 29.4 Å². The predicted octanol–water partition coefficient (Wildman–Crippen LogP) is 2.81. The van der Waals surface area contributed by atoms with Crippen LogP contribution in [0, 0.1) is 17.6 Å². The smallest absolute Gasteiger partial charge is 0.224 e. The molecule has 2 fully saturated rings. The Hall–Kier alpha value is -2.25. The lowest BCUT2D eigenvalue weighted by Gasteiger charge is -2.25. The number of hydrogen-bond acceptors (Lipinski definition) is 4. The molecular formula is C20H22F2N2O3. The molecule has 2 atom stereocenters. The standard InChI is InChI=1S/C20H22F2N2O3/c21-18-3-1-2-15(19(18)22)16-10-17(16)20(25)23-11-13-4-5-14(27-13)12-24-6-8-26-9-7-24/h1-5,16-17H,6-12H2,(H,23,25)/t16-,17-/m1/s1. The van der Waals surface area contributed by atoms with Crippen molar-refractivity contribution in [3.8, 4) is 0 Å². The van der Waals surface area contributed by atoms with Gasteiger partial charge < -0.3 is 14.5 Å². The van der Waals surface area contributed by atoms with Gasteiger partial charge >= 0.3 is 0 Å². The van der Waals surface area contributed by atoms with Gasteiger partial charge in [-0.2, -0.15) is 0 Å². The molecule has 1 saturated carbocycles. The van der Waals surface area contributed by atoms with E-state index in [1.54, 1.807) is 6.07 Å². The van der Waals surface area contributed by atoms with E-state index in [1.807, 2.05) is 12.1 Å². The van der Waals surface area contributed by atoms with Crippen molar-refractivity contribution < 1.29 is 22.7 Å². The highest BCUT2D eigenvalue weighted by Gasteiger charge is 2.45. The average Bonchev–Trinajstić information content (AvgIpc) is 3.35. The first-order chi connectivity index (χ1) is 13.1. The van der Waals surface area contributed by atoms with Gasteiger partial charge in [-0.1, -0.05) is 12.1 Å². The van der Waals surface area contributed by atoms with Gasteiger partial charge in [-0.15, -0.1) is 0 Å². The number of halogens is 2. The molecule has 1 aliphatic carbocycles. The molecule has 2 aliphatic rings. The maximum Gasteiger partial charge on any atom is 0.224 e. The fourth-order valence-electron chi connectivity index (χ4n) is 3.52. The molecular weight excluding hydrogens is 354 g/mol. The van der Waals surface area contributed by atoms with Crippen LogP contribution in [0.4, 0.5) is 8.78 Å². The number of morpholine rings is 1. The van der Waals surface area contributed by atoms with Crippen LogP contribution in [0.25, 0.3) is 0 Å². The highest BCUT2D eigenvalue weighted by Crippen LogP contribution is 2.48. The minimum Gasteiger partial charge on any atom is -0.463 e. The van der Waals surface area contributed by atoms with Gasteiger partial charge in [-0.3, -0.25) is 9.69 Å². The second kappa shape index (κ2) is 7.78. The SMILES string of the molecule is O=C(NCc1ccc(CN2CCOCC2)o1)[C@@H]1C[C@@H]1c1cccc(F)c1F. The molecule has 1 amide bonds. The number of amides is 1. The number of nitrogens with zero attached hydrogens (tertiary/aromatic N) is 1. The lowest BCUT2D eigenvalue weighted by molar-refractivity contribution is -0.122. The monoisotopic (exact) mass is 376 g/mol. The molecule has 1 saturated heterocycles. The Kier molecular flexibility index (Phi) is 5.22. The second-order valence-electron chi connectivity index (χ2n) is 7.07. The zero-order chi connectivity index (χ0) is 18.8. The van der Waals surface area contributed by atoms with Crippen LogP contribution in [0.5, 0.6) is 0 Å². The van der Waals surface area contributed by atoms with E-state index in [2.05, 4.69) is 10.2 Å². The topological polar surface area (TPSA) is 54.7 Å². The highest BCUT2D eigenvalue weighted by atomic mass is 19.2. The number of carbonyl (C=O) groups is 1. The summed E-state index contributed by atoms with van der Waals surface area (Å²) in [7, 11) is 0. The third-order valence-electron chi connectivity index (χ3n) is 5.15. The van der Waals surface area contributed by atoms with Gasteiger partial charge in [0.25, 0.3) is 0 Å². The minimum absolute atomic E-state index is 0.158. The Bertz CT molecular complexity index is 817. The maximum absolute atomic E-state index is 13.8. The lowest BCUT2D eigenvalue weighted by Crippen LogP contribution is -2.35. The number of rotatable bonds is 6. The summed E-state index contributed by atoms with van der Waals surface area (Å²) in [4.78, 5) is 14.5. The van der Waals surface area contributed by atoms with Crippen molar-refractivity contribution in [3.05, 3.63) is 59.1 Å². The van der Waals surface area contributed by atoms with E-state index >= 15 is 0 Å². The first kappa shape index (κ1) is 18.1. The van der Waals surface area contributed by atoms with Gasteiger partial charge in [-0.05, 0) is 36.1 Å². The summed E-state index contributed by atoms with van der Waals surface area (Å²) in [6.07, 6.45) is 0.534. The largest absolute Gasteiger partial charge is 0.463 e. The van der Waals surface area contributed by atoms with E-state index in [-0.39, 0.29) is 29.9 Å². The van der Waals surface area contributed by atoms with E-state index in [1.165, 1.54) is 6.07 Å². The molecule has 2 aromatic rings. The molecule has 4 rings (SSSR count). The van der Waals surface area contributed by atoms with E-state index in [0.717, 1.165) is 44.7 Å². The summed E-state index contributed by atoms with van der Waals surface area (Å²) in [6, 6.07) is 7.87. The molecule has 0 unspecified atom stereocenters. The molecule has 1 aliphatic heterocycles. The molecule has 144 valence electrons. The van der Waals surface area contributed by atoms with E-state index in [0.29, 0.717) is 12.2 Å². The van der Waals surface area contributed by atoms with Gasteiger partial charge in [0.2, 0.25) is 5.91 Å². The Morgan fingerprint density at radius 3 is 2.74 bits per heavy atom. The van der Waals surface area contributed by atoms with Gasteiger partial charge in [0.05, 0.1) is 26.3 Å². The minimum atomic E-state index is -0.873. The van der Waals surface area contributed by atoms with Crippen LogP contribution in [0.2, 0.25) is 0 Å². The summed E-state index contributed by atoms with van der Waals surface area (Å²) in [5.74, 6) is -0.917. The molecule has 27 heavy (non-hydrogen) atoms. The summed E-state index contributed by atoms with van der Waals surface area (Å²) in [5.41, 5.74) is 0.279. The van der Waals surface area contributed by atoms with Crippen molar-refractivity contribution in [3.63, 3.8) is 0 Å². The van der Waals surface area contributed by atoms with Crippen LogP contribution in [-0.2, 0) is 22.6 Å². The van der Waals surface area contributed by atoms with Crippen LogP contribution < -0.4 is 5.32 Å². The average molecular weight is 376 g/mol. The molecule has 0 spiro atoms. The van der Waals surface area contributed by atoms with Crippen molar-refractivity contribution in [1.29, 1.82) is 0 Å². The number of nitrogens with one attached hydrogen (secondary N) is 1. The third kappa shape index (κ3) is 4.20. The quantitative estimate of drug-likeness (QED) is 0.842. The molecule has 1 aromatic carbocycles. The molecule has 2 heterocycles. The Morgan fingerprint density at radius 1 is 1.15 bits per heavy atom. The van der Waals surface area contributed by atoms with Gasteiger partial charge in [-0.25, -0.2) is 8.78 Å². The fourth-order valence-corrected chi connectivity index (χ4v) is 3.52. The Morgan fingerprint density at radius 2 is 1.93 bits per heavy atom. The molecule has 0 radical (unpaired) electrons. The maximum atomic E-state index is 13.8. The Balaban J connectivity index is 1.27. The second-order valence-corrected chi connectivity index (χ2v) is 7.07. The third-order valence-corrected chi connectivity index (χ3v) is 5.15. The summed E-state index contributed by atoms with van der Waals surface area (Å²) < 4.78 is 38.3. The summed E-state index contributed by atoms with van der Waals surface area (Å²) >= 11 is 0. The predicted molar refractivity (Wildman–Crippen MR) is 93.9 cm³/mol. The van der Waals surface area contributed by atoms with Gasteiger partial charge in [0.1, 0.15) is 11.5 Å². The summed E-state index contributed by atoms with van der Waals surface area (Å²) in [5, 5.41) is 2.83. The van der Waals surface area contributed by atoms with Crippen molar-refractivity contribution in [2.24, 2.45) is 5.92 Å². The first-order valence-corrected chi connectivity index (χ1v) is 9.21. The number of benzene rings is 1. The number of hydrogen-bond donors (Lipinski definition) is 1. The summed E-state index contributed by atoms with van der Waals surface area (Å²) in [6.45, 7) is 4.24. The lowest BCUT2D eigenvalue weighted by atomic mass is 10.1. The van der Waals surface area contributed by atoms with Crippen LogP contribution >= 0.6 is 0 Å². The molecule has 1 aromatic heterocycles. The highest BCUT2D eigenvalue weighted by molar-refractivity contribution is 5.82. The van der Waals surface area contributed by atoms with Crippen molar-refractivity contribution >= 4 is 5.91 Å². The molecule has 0 bridgehead atoms. The van der Waals surface area contributed by atoms with Crippen LogP contribution in [-0.4, -0.2) is 37.1 Å². The van der Waals surface area contributed by atoms with Crippen molar-refractivity contribution in [2.75, 3.05) is 26.3 Å². The van der Waals surface area contributed by atoms with E-state index in [9.17, 15) is 13.6 Å². The van der Waals surface area contributed by atoms with Gasteiger partial charge in [0, 0.05) is 19.0 Å². The van der Waals surface area contributed by atoms with Crippen molar-refractivity contribution in [1.82, 2.24) is 10.2 Å². The Labute approximate surface area is 156 Å². The van der Waals surface area contributed by atoms with Crippen LogP contribution in [0.3, 0.4) is 0 Å². The zero-order valence-corrected chi connectivity index (χ0v) is 14.9. The number of ether oxygens (including phenoxy) is 1. The first-order valence-electron chi connectivity index (χ1n) is 9.21. The molecule has 5 nitrogen and oxygen atoms in total. The van der Waals surface area contributed by atoms with Crippen LogP contribution in [0.15, 0.2) is 34.7 Å². The van der Waals surface area contributed by atoms with E-state index < -0.39 is 11.6 Å². The fraction of sp³-hybridized carbons (Fsp3) is 0.450. The molecule has 7 heteroatoms. The molecule has 1 N–H and O–H groups in total. The zero-order valence-electron chi connectivity index (χ0n) is 14.9.